The normalized spacial score (nSPS) is 16.8. The number of nitrogens with zero attached hydrogens (tertiary/aromatic N) is 1. The number of amides is 1. The molecule has 0 aromatic heterocycles. The van der Waals surface area contributed by atoms with Crippen LogP contribution in [-0.2, 0) is 4.79 Å². The molecule has 0 radical (unpaired) electrons. The van der Waals surface area contributed by atoms with Gasteiger partial charge in [-0.3, -0.25) is 4.79 Å². The van der Waals surface area contributed by atoms with Gasteiger partial charge in [0.25, 0.3) is 5.91 Å². The first-order valence-corrected chi connectivity index (χ1v) is 7.50. The van der Waals surface area contributed by atoms with Gasteiger partial charge in [-0.15, -0.1) is 0 Å². The fraction of sp³-hybridized carbons (Fsp3) is 0.176. The van der Waals surface area contributed by atoms with Crippen LogP contribution in [0.5, 0.6) is 11.5 Å². The van der Waals surface area contributed by atoms with E-state index in [-0.39, 0.29) is 12.5 Å². The molecule has 6 heteroatoms. The van der Waals surface area contributed by atoms with Crippen LogP contribution in [0.25, 0.3) is 0 Å². The van der Waals surface area contributed by atoms with Crippen molar-refractivity contribution in [2.75, 3.05) is 6.61 Å². The minimum absolute atomic E-state index is 0.151. The summed E-state index contributed by atoms with van der Waals surface area (Å²) in [7, 11) is 0. The summed E-state index contributed by atoms with van der Waals surface area (Å²) >= 11 is 5.85. The lowest BCUT2D eigenvalue weighted by molar-refractivity contribution is -0.130. The molecule has 1 heterocycles. The van der Waals surface area contributed by atoms with E-state index in [0.717, 1.165) is 5.56 Å². The zero-order valence-electron chi connectivity index (χ0n) is 12.5. The van der Waals surface area contributed by atoms with Gasteiger partial charge in [0.2, 0.25) is 6.10 Å². The third kappa shape index (κ3) is 3.63. The molecule has 23 heavy (non-hydrogen) atoms. The molecule has 3 rings (SSSR count). The summed E-state index contributed by atoms with van der Waals surface area (Å²) in [4.78, 5) is 12.2. The number of hydrogen-bond donors (Lipinski definition) is 1. The molecule has 1 aliphatic heterocycles. The quantitative estimate of drug-likeness (QED) is 0.695. The van der Waals surface area contributed by atoms with E-state index in [1.165, 1.54) is 0 Å². The van der Waals surface area contributed by atoms with Crippen LogP contribution in [0, 0.1) is 0 Å². The number of hydrazone groups is 1. The van der Waals surface area contributed by atoms with Gasteiger partial charge < -0.3 is 9.47 Å². The van der Waals surface area contributed by atoms with E-state index < -0.39 is 6.10 Å². The second-order valence-electron chi connectivity index (χ2n) is 5.04. The molecular formula is C17H15ClN2O3. The molecule has 0 saturated heterocycles. The summed E-state index contributed by atoms with van der Waals surface area (Å²) < 4.78 is 11.1. The molecule has 118 valence electrons. The Morgan fingerprint density at radius 3 is 2.61 bits per heavy atom. The molecule has 1 N–H and O–H groups in total. The smallest absolute Gasteiger partial charge is 0.284 e. The van der Waals surface area contributed by atoms with Crippen molar-refractivity contribution in [3.05, 3.63) is 59.1 Å². The van der Waals surface area contributed by atoms with Crippen LogP contribution >= 0.6 is 11.6 Å². The second-order valence-corrected chi connectivity index (χ2v) is 5.48. The van der Waals surface area contributed by atoms with Crippen LogP contribution in [0.15, 0.2) is 53.6 Å². The fourth-order valence-corrected chi connectivity index (χ4v) is 2.24. The van der Waals surface area contributed by atoms with Crippen LogP contribution in [0.3, 0.4) is 0 Å². The number of rotatable bonds is 3. The first kappa shape index (κ1) is 15.4. The predicted octanol–water partition coefficient (Wildman–Crippen LogP) is 3.02. The zero-order valence-corrected chi connectivity index (χ0v) is 13.2. The molecule has 2 aromatic rings. The lowest BCUT2D eigenvalue weighted by Gasteiger charge is -2.24. The molecule has 1 aliphatic rings. The number of carbonyl (C=O) groups is 1. The van der Waals surface area contributed by atoms with Crippen molar-refractivity contribution in [1.29, 1.82) is 0 Å². The van der Waals surface area contributed by atoms with Gasteiger partial charge in [-0.25, -0.2) is 5.43 Å². The Balaban J connectivity index is 1.63. The molecule has 2 aromatic carbocycles. The van der Waals surface area contributed by atoms with Gasteiger partial charge in [-0.05, 0) is 36.8 Å². The zero-order chi connectivity index (χ0) is 16.2. The highest BCUT2D eigenvalue weighted by Crippen LogP contribution is 2.30. The van der Waals surface area contributed by atoms with Gasteiger partial charge in [0.15, 0.2) is 11.5 Å². The van der Waals surface area contributed by atoms with Crippen molar-refractivity contribution in [1.82, 2.24) is 5.43 Å². The van der Waals surface area contributed by atoms with Gasteiger partial charge in [0, 0.05) is 5.02 Å². The van der Waals surface area contributed by atoms with Crippen LogP contribution in [0.1, 0.15) is 12.5 Å². The molecule has 1 amide bonds. The SMILES string of the molecule is CC(=NNC(=O)[C@H]1COc2ccccc2O1)c1ccc(Cl)cc1. The molecule has 1 atom stereocenters. The summed E-state index contributed by atoms with van der Waals surface area (Å²) in [6.07, 6.45) is -0.730. The minimum atomic E-state index is -0.730. The summed E-state index contributed by atoms with van der Waals surface area (Å²) in [5.74, 6) is 0.836. The Hall–Kier alpha value is -2.53. The van der Waals surface area contributed by atoms with E-state index in [4.69, 9.17) is 21.1 Å². The summed E-state index contributed by atoms with van der Waals surface area (Å²) in [5.41, 5.74) is 4.06. The van der Waals surface area contributed by atoms with Crippen molar-refractivity contribution < 1.29 is 14.3 Å². The fourth-order valence-electron chi connectivity index (χ4n) is 2.12. The van der Waals surface area contributed by atoms with Crippen molar-refractivity contribution >= 4 is 23.2 Å². The van der Waals surface area contributed by atoms with Crippen molar-refractivity contribution in [3.8, 4) is 11.5 Å². The third-order valence-electron chi connectivity index (χ3n) is 3.40. The lowest BCUT2D eigenvalue weighted by atomic mass is 10.1. The maximum absolute atomic E-state index is 12.2. The Bertz CT molecular complexity index is 744. The molecule has 0 spiro atoms. The highest BCUT2D eigenvalue weighted by molar-refractivity contribution is 6.30. The number of halogens is 1. The van der Waals surface area contributed by atoms with E-state index in [1.54, 1.807) is 31.2 Å². The number of hydrogen-bond acceptors (Lipinski definition) is 4. The third-order valence-corrected chi connectivity index (χ3v) is 3.65. The summed E-state index contributed by atoms with van der Waals surface area (Å²) in [6, 6.07) is 14.4. The maximum Gasteiger partial charge on any atom is 0.284 e. The molecule has 0 unspecified atom stereocenters. The number of benzene rings is 2. The van der Waals surface area contributed by atoms with Crippen LogP contribution in [0.4, 0.5) is 0 Å². The number of fused-ring (bicyclic) bond motifs is 1. The Kier molecular flexibility index (Phi) is 4.48. The van der Waals surface area contributed by atoms with E-state index in [1.807, 2.05) is 24.3 Å². The molecule has 0 aliphatic carbocycles. The van der Waals surface area contributed by atoms with Gasteiger partial charge in [0.05, 0.1) is 5.71 Å². The highest BCUT2D eigenvalue weighted by Gasteiger charge is 2.27. The predicted molar refractivity (Wildman–Crippen MR) is 88.2 cm³/mol. The highest BCUT2D eigenvalue weighted by atomic mass is 35.5. The number of para-hydroxylation sites is 2. The van der Waals surface area contributed by atoms with E-state index in [0.29, 0.717) is 22.2 Å². The Morgan fingerprint density at radius 2 is 1.87 bits per heavy atom. The number of nitrogens with one attached hydrogen (secondary N) is 1. The first-order valence-electron chi connectivity index (χ1n) is 7.12. The van der Waals surface area contributed by atoms with Crippen LogP contribution in [0.2, 0.25) is 5.02 Å². The monoisotopic (exact) mass is 330 g/mol. The maximum atomic E-state index is 12.2. The summed E-state index contributed by atoms with van der Waals surface area (Å²) in [5, 5.41) is 4.74. The second kappa shape index (κ2) is 6.71. The van der Waals surface area contributed by atoms with E-state index >= 15 is 0 Å². The van der Waals surface area contributed by atoms with Crippen molar-refractivity contribution in [2.45, 2.75) is 13.0 Å². The van der Waals surface area contributed by atoms with E-state index in [9.17, 15) is 4.79 Å². The van der Waals surface area contributed by atoms with E-state index in [2.05, 4.69) is 10.5 Å². The van der Waals surface area contributed by atoms with Gasteiger partial charge in [-0.2, -0.15) is 5.10 Å². The van der Waals surface area contributed by atoms with Crippen molar-refractivity contribution in [2.24, 2.45) is 5.10 Å². The van der Waals surface area contributed by atoms with Crippen molar-refractivity contribution in [3.63, 3.8) is 0 Å². The topological polar surface area (TPSA) is 59.9 Å². The molecule has 0 bridgehead atoms. The first-order chi connectivity index (χ1) is 11.1. The number of ether oxygens (including phenoxy) is 2. The molecule has 0 saturated carbocycles. The lowest BCUT2D eigenvalue weighted by Crippen LogP contribution is -2.42. The van der Waals surface area contributed by atoms with Gasteiger partial charge >= 0.3 is 0 Å². The number of carbonyl (C=O) groups excluding carboxylic acids is 1. The minimum Gasteiger partial charge on any atom is -0.485 e. The standard InChI is InChI=1S/C17H15ClN2O3/c1-11(12-6-8-13(18)9-7-12)19-20-17(21)16-10-22-14-4-2-3-5-15(14)23-16/h2-9,16H,10H2,1H3,(H,20,21)/t16-/m1/s1. The van der Waals surface area contributed by atoms with Gasteiger partial charge in [0.1, 0.15) is 6.61 Å². The Morgan fingerprint density at radius 1 is 1.17 bits per heavy atom. The molecule has 5 nitrogen and oxygen atoms in total. The van der Waals surface area contributed by atoms with Gasteiger partial charge in [-0.1, -0.05) is 35.9 Å². The summed E-state index contributed by atoms with van der Waals surface area (Å²) in [6.45, 7) is 1.95. The Labute approximate surface area is 138 Å². The largest absolute Gasteiger partial charge is 0.485 e. The molecule has 0 fully saturated rings. The average Bonchev–Trinajstić information content (AvgIpc) is 2.59. The van der Waals surface area contributed by atoms with Crippen LogP contribution < -0.4 is 14.9 Å². The average molecular weight is 331 g/mol. The molecular weight excluding hydrogens is 316 g/mol. The van der Waals surface area contributed by atoms with Crippen LogP contribution in [-0.4, -0.2) is 24.3 Å².